The number of aromatic nitrogens is 2. The monoisotopic (exact) mass is 423 g/mol. The summed E-state index contributed by atoms with van der Waals surface area (Å²) in [5.41, 5.74) is 4.25. The molecule has 3 aromatic carbocycles. The molecule has 0 fully saturated rings. The number of ether oxygens (including phenoxy) is 1. The maximum Gasteiger partial charge on any atom is 0.252 e. The highest BCUT2D eigenvalue weighted by atomic mass is 16.5. The van der Waals surface area contributed by atoms with Gasteiger partial charge < -0.3 is 14.6 Å². The molecule has 1 aliphatic carbocycles. The number of imidazole rings is 1. The highest BCUT2D eigenvalue weighted by Crippen LogP contribution is 2.36. The lowest BCUT2D eigenvalue weighted by Gasteiger charge is -2.20. The Balaban J connectivity index is 1.50. The van der Waals surface area contributed by atoms with Crippen molar-refractivity contribution in [3.63, 3.8) is 0 Å². The molecule has 158 valence electrons. The number of hydrogen-bond acceptors (Lipinski definition) is 4. The summed E-state index contributed by atoms with van der Waals surface area (Å²) in [6, 6.07) is 19.8. The second-order valence-electron chi connectivity index (χ2n) is 7.71. The van der Waals surface area contributed by atoms with Crippen molar-refractivity contribution in [3.8, 4) is 16.9 Å². The molecule has 0 saturated carbocycles. The van der Waals surface area contributed by atoms with Crippen LogP contribution in [0.3, 0.4) is 0 Å². The van der Waals surface area contributed by atoms with E-state index in [4.69, 9.17) is 4.74 Å². The van der Waals surface area contributed by atoms with Gasteiger partial charge in [-0.15, -0.1) is 0 Å². The quantitative estimate of drug-likeness (QED) is 0.461. The third kappa shape index (κ3) is 3.26. The molecule has 0 aliphatic heterocycles. The summed E-state index contributed by atoms with van der Waals surface area (Å²) in [5, 5.41) is 3.08. The van der Waals surface area contributed by atoms with E-state index in [0.717, 1.165) is 16.7 Å². The van der Waals surface area contributed by atoms with Crippen LogP contribution in [-0.4, -0.2) is 28.4 Å². The molecule has 4 aromatic rings. The van der Waals surface area contributed by atoms with Crippen molar-refractivity contribution in [2.45, 2.75) is 6.04 Å². The fraction of sp³-hybridized carbons (Fsp3) is 0.115. The number of rotatable bonds is 5. The summed E-state index contributed by atoms with van der Waals surface area (Å²) in [5.74, 6) is 1.04. The molecule has 32 heavy (non-hydrogen) atoms. The Hall–Kier alpha value is -4.19. The molecule has 6 heteroatoms. The van der Waals surface area contributed by atoms with Crippen LogP contribution in [0.15, 0.2) is 79.1 Å². The molecule has 1 unspecified atom stereocenters. The third-order valence-electron chi connectivity index (χ3n) is 5.81. The van der Waals surface area contributed by atoms with Gasteiger partial charge in [-0.25, -0.2) is 4.98 Å². The SMILES string of the molecule is COc1cccc(C(NC(=O)c2ccc3c(c2)C(=O)c2ccccc2-3)c2nccn2C)c1. The average molecular weight is 423 g/mol. The topological polar surface area (TPSA) is 73.2 Å². The van der Waals surface area contributed by atoms with Gasteiger partial charge in [-0.1, -0.05) is 42.5 Å². The van der Waals surface area contributed by atoms with Crippen molar-refractivity contribution < 1.29 is 14.3 Å². The Morgan fingerprint density at radius 3 is 2.50 bits per heavy atom. The van der Waals surface area contributed by atoms with Gasteiger partial charge in [-0.05, 0) is 41.0 Å². The summed E-state index contributed by atoms with van der Waals surface area (Å²) >= 11 is 0. The summed E-state index contributed by atoms with van der Waals surface area (Å²) in [6.07, 6.45) is 3.53. The van der Waals surface area contributed by atoms with Crippen molar-refractivity contribution in [1.82, 2.24) is 14.9 Å². The van der Waals surface area contributed by atoms with E-state index in [-0.39, 0.29) is 11.7 Å². The van der Waals surface area contributed by atoms with Crippen LogP contribution < -0.4 is 10.1 Å². The van der Waals surface area contributed by atoms with Crippen LogP contribution in [0, 0.1) is 0 Å². The number of aryl methyl sites for hydroxylation is 1. The smallest absolute Gasteiger partial charge is 0.252 e. The van der Waals surface area contributed by atoms with E-state index in [9.17, 15) is 9.59 Å². The fourth-order valence-corrected chi connectivity index (χ4v) is 4.16. The predicted octanol–water partition coefficient (Wildman–Crippen LogP) is 4.16. The summed E-state index contributed by atoms with van der Waals surface area (Å²) in [6.45, 7) is 0. The minimum absolute atomic E-state index is 0.0568. The lowest BCUT2D eigenvalue weighted by Crippen LogP contribution is -2.31. The summed E-state index contributed by atoms with van der Waals surface area (Å²) in [7, 11) is 3.49. The van der Waals surface area contributed by atoms with Crippen LogP contribution in [0.25, 0.3) is 11.1 Å². The van der Waals surface area contributed by atoms with Gasteiger partial charge in [0.05, 0.1) is 7.11 Å². The Bertz CT molecular complexity index is 1360. The van der Waals surface area contributed by atoms with Gasteiger partial charge in [-0.3, -0.25) is 9.59 Å². The van der Waals surface area contributed by atoms with Crippen LogP contribution in [0.1, 0.15) is 43.7 Å². The zero-order valence-corrected chi connectivity index (χ0v) is 17.7. The summed E-state index contributed by atoms with van der Waals surface area (Å²) < 4.78 is 7.23. The third-order valence-corrected chi connectivity index (χ3v) is 5.81. The molecule has 1 N–H and O–H groups in total. The summed E-state index contributed by atoms with van der Waals surface area (Å²) in [4.78, 5) is 30.6. The van der Waals surface area contributed by atoms with E-state index in [1.807, 2.05) is 72.4 Å². The van der Waals surface area contributed by atoms with Crippen molar-refractivity contribution in [2.24, 2.45) is 7.05 Å². The molecule has 5 rings (SSSR count). The molecule has 1 heterocycles. The van der Waals surface area contributed by atoms with Crippen molar-refractivity contribution in [3.05, 3.63) is 107 Å². The number of hydrogen-bond donors (Lipinski definition) is 1. The number of carbonyl (C=O) groups excluding carboxylic acids is 2. The second kappa shape index (κ2) is 7.81. The average Bonchev–Trinajstić information content (AvgIpc) is 3.38. The Kier molecular flexibility index (Phi) is 4.82. The predicted molar refractivity (Wildman–Crippen MR) is 121 cm³/mol. The Labute approximate surface area is 185 Å². The van der Waals surface area contributed by atoms with E-state index >= 15 is 0 Å². The van der Waals surface area contributed by atoms with Crippen LogP contribution in [0.5, 0.6) is 5.75 Å². The minimum Gasteiger partial charge on any atom is -0.497 e. The number of amides is 1. The number of benzene rings is 3. The van der Waals surface area contributed by atoms with Gasteiger partial charge in [-0.2, -0.15) is 0 Å². The van der Waals surface area contributed by atoms with Gasteiger partial charge in [0.25, 0.3) is 5.91 Å². The van der Waals surface area contributed by atoms with E-state index in [1.165, 1.54) is 0 Å². The molecule has 0 saturated heterocycles. The zero-order chi connectivity index (χ0) is 22.2. The molecular weight excluding hydrogens is 402 g/mol. The molecule has 1 atom stereocenters. The van der Waals surface area contributed by atoms with Gasteiger partial charge in [0.2, 0.25) is 0 Å². The maximum absolute atomic E-state index is 13.3. The first-order chi connectivity index (χ1) is 15.6. The molecular formula is C26H21N3O3. The first-order valence-electron chi connectivity index (χ1n) is 10.3. The van der Waals surface area contributed by atoms with Crippen molar-refractivity contribution in [2.75, 3.05) is 7.11 Å². The first-order valence-corrected chi connectivity index (χ1v) is 10.3. The van der Waals surface area contributed by atoms with Gasteiger partial charge >= 0.3 is 0 Å². The van der Waals surface area contributed by atoms with Crippen LogP contribution in [0.4, 0.5) is 0 Å². The number of carbonyl (C=O) groups is 2. The normalized spacial score (nSPS) is 12.8. The number of nitrogens with one attached hydrogen (secondary N) is 1. The number of methoxy groups -OCH3 is 1. The van der Waals surface area contributed by atoms with E-state index in [2.05, 4.69) is 10.3 Å². The first kappa shape index (κ1) is 19.8. The number of nitrogens with zero attached hydrogens (tertiary/aromatic N) is 2. The van der Waals surface area contributed by atoms with Crippen molar-refractivity contribution >= 4 is 11.7 Å². The number of ketones is 1. The largest absolute Gasteiger partial charge is 0.497 e. The molecule has 6 nitrogen and oxygen atoms in total. The van der Waals surface area contributed by atoms with Crippen LogP contribution >= 0.6 is 0 Å². The lowest BCUT2D eigenvalue weighted by atomic mass is 10.0. The molecule has 1 amide bonds. The highest BCUT2D eigenvalue weighted by Gasteiger charge is 2.28. The van der Waals surface area contributed by atoms with Crippen LogP contribution in [-0.2, 0) is 7.05 Å². The van der Waals surface area contributed by atoms with E-state index < -0.39 is 6.04 Å². The maximum atomic E-state index is 13.3. The minimum atomic E-state index is -0.487. The van der Waals surface area contributed by atoms with Gasteiger partial charge in [0.15, 0.2) is 5.78 Å². The molecule has 0 bridgehead atoms. The van der Waals surface area contributed by atoms with Crippen LogP contribution in [0.2, 0.25) is 0 Å². The molecule has 0 radical (unpaired) electrons. The highest BCUT2D eigenvalue weighted by molar-refractivity contribution is 6.22. The van der Waals surface area contributed by atoms with Gasteiger partial charge in [0.1, 0.15) is 17.6 Å². The van der Waals surface area contributed by atoms with Crippen molar-refractivity contribution in [1.29, 1.82) is 0 Å². The Morgan fingerprint density at radius 2 is 1.75 bits per heavy atom. The second-order valence-corrected chi connectivity index (χ2v) is 7.71. The van der Waals surface area contributed by atoms with E-state index in [0.29, 0.717) is 28.3 Å². The lowest BCUT2D eigenvalue weighted by molar-refractivity contribution is 0.0941. The zero-order valence-electron chi connectivity index (χ0n) is 17.7. The molecule has 0 spiro atoms. The molecule has 1 aliphatic rings. The van der Waals surface area contributed by atoms with Gasteiger partial charge in [0, 0.05) is 36.1 Å². The fourth-order valence-electron chi connectivity index (χ4n) is 4.16. The van der Waals surface area contributed by atoms with E-state index in [1.54, 1.807) is 25.4 Å². The molecule has 1 aromatic heterocycles. The standard InChI is InChI=1S/C26H21N3O3/c1-29-13-12-27-25(29)23(16-6-5-7-18(14-16)32-2)28-26(31)17-10-11-20-19-8-3-4-9-21(19)24(30)22(20)15-17/h3-15,23H,1-2H3,(H,28,31). The Morgan fingerprint density at radius 1 is 0.969 bits per heavy atom. The number of fused-ring (bicyclic) bond motifs is 3.